The van der Waals surface area contributed by atoms with Crippen molar-refractivity contribution < 1.29 is 8.42 Å². The average Bonchev–Trinajstić information content (AvgIpc) is 2.77. The van der Waals surface area contributed by atoms with Gasteiger partial charge in [-0.15, -0.1) is 0 Å². The van der Waals surface area contributed by atoms with Gasteiger partial charge in [-0.1, -0.05) is 18.2 Å². The lowest BCUT2D eigenvalue weighted by Gasteiger charge is -2.22. The van der Waals surface area contributed by atoms with Gasteiger partial charge in [-0.05, 0) is 35.9 Å². The zero-order valence-corrected chi connectivity index (χ0v) is 16.3. The van der Waals surface area contributed by atoms with Gasteiger partial charge in [0.05, 0.1) is 16.8 Å². The highest BCUT2D eigenvalue weighted by Crippen LogP contribution is 2.37. The van der Waals surface area contributed by atoms with Crippen LogP contribution in [0.4, 0.5) is 28.8 Å². The Balaban J connectivity index is 1.67. The van der Waals surface area contributed by atoms with Crippen LogP contribution in [0.5, 0.6) is 0 Å². The molecule has 4 rings (SSSR count). The third kappa shape index (κ3) is 3.37. The Morgan fingerprint density at radius 3 is 2.46 bits per heavy atom. The maximum atomic E-state index is 11.4. The molecule has 1 aliphatic rings. The average molecular weight is 396 g/mol. The van der Waals surface area contributed by atoms with Crippen LogP contribution in [0.15, 0.2) is 59.6 Å². The molecule has 1 aromatic heterocycles. The van der Waals surface area contributed by atoms with E-state index in [1.807, 2.05) is 31.1 Å². The lowest BCUT2D eigenvalue weighted by atomic mass is 10.1. The molecular weight excluding hydrogens is 376 g/mol. The van der Waals surface area contributed by atoms with Crippen LogP contribution in [-0.4, -0.2) is 32.5 Å². The zero-order chi connectivity index (χ0) is 19.9. The summed E-state index contributed by atoms with van der Waals surface area (Å²) < 4.78 is 22.8. The van der Waals surface area contributed by atoms with Crippen molar-refractivity contribution in [3.63, 3.8) is 0 Å². The van der Waals surface area contributed by atoms with E-state index in [4.69, 9.17) is 5.14 Å². The van der Waals surface area contributed by atoms with Gasteiger partial charge >= 0.3 is 0 Å². The van der Waals surface area contributed by atoms with E-state index < -0.39 is 10.0 Å². The molecule has 0 aliphatic carbocycles. The van der Waals surface area contributed by atoms with Crippen molar-refractivity contribution in [2.75, 3.05) is 29.2 Å². The number of hydrogen-bond acceptors (Lipinski definition) is 7. The number of rotatable bonds is 3. The van der Waals surface area contributed by atoms with Crippen molar-refractivity contribution in [3.8, 4) is 0 Å². The monoisotopic (exact) mass is 396 g/mol. The molecule has 3 N–H and O–H groups in total. The minimum Gasteiger partial charge on any atom is -0.366 e. The van der Waals surface area contributed by atoms with Crippen molar-refractivity contribution in [3.05, 3.63) is 60.3 Å². The third-order valence-corrected chi connectivity index (χ3v) is 5.61. The number of fused-ring (bicyclic) bond motifs is 2. The molecule has 2 aromatic carbocycles. The largest absolute Gasteiger partial charge is 0.366 e. The topological polar surface area (TPSA) is 104 Å². The van der Waals surface area contributed by atoms with E-state index in [-0.39, 0.29) is 4.90 Å². The summed E-state index contributed by atoms with van der Waals surface area (Å²) in [6.07, 6.45) is 1.78. The number of primary sulfonamides is 1. The lowest BCUT2D eigenvalue weighted by molar-refractivity contribution is 0.598. The second kappa shape index (κ2) is 6.77. The molecule has 144 valence electrons. The number of para-hydroxylation sites is 1. The Kier molecular flexibility index (Phi) is 4.40. The number of sulfonamides is 1. The Labute approximate surface area is 163 Å². The van der Waals surface area contributed by atoms with E-state index >= 15 is 0 Å². The van der Waals surface area contributed by atoms with E-state index in [1.165, 1.54) is 17.7 Å². The van der Waals surface area contributed by atoms with E-state index in [0.717, 1.165) is 23.7 Å². The first kappa shape index (κ1) is 18.2. The molecule has 0 amide bonds. The molecule has 0 fully saturated rings. The molecular formula is C19H20N6O2S. The molecule has 9 heteroatoms. The van der Waals surface area contributed by atoms with Crippen LogP contribution in [0, 0.1) is 0 Å². The standard InChI is InChI=1S/C19H20N6O2S/c1-24-12-13-5-3-4-6-16(13)25(2)18-17(24)11-21-19(23-18)22-14-7-9-15(10-8-14)28(20,26)27/h3-11H,12H2,1-2H3,(H2,20,26,27)(H,21,22,23). The molecule has 0 saturated carbocycles. The first-order chi connectivity index (χ1) is 13.3. The van der Waals surface area contributed by atoms with Crippen LogP contribution in [0.25, 0.3) is 0 Å². The van der Waals surface area contributed by atoms with Gasteiger partial charge in [-0.2, -0.15) is 4.98 Å². The first-order valence-corrected chi connectivity index (χ1v) is 10.2. The van der Waals surface area contributed by atoms with Gasteiger partial charge in [0, 0.05) is 32.0 Å². The van der Waals surface area contributed by atoms with E-state index in [0.29, 0.717) is 11.6 Å². The van der Waals surface area contributed by atoms with Crippen LogP contribution in [0.2, 0.25) is 0 Å². The fraction of sp³-hybridized carbons (Fsp3) is 0.158. The van der Waals surface area contributed by atoms with Crippen molar-refractivity contribution in [1.29, 1.82) is 0 Å². The maximum Gasteiger partial charge on any atom is 0.238 e. The summed E-state index contributed by atoms with van der Waals surface area (Å²) in [4.78, 5) is 13.3. The van der Waals surface area contributed by atoms with E-state index in [1.54, 1.807) is 18.3 Å². The smallest absolute Gasteiger partial charge is 0.238 e. The summed E-state index contributed by atoms with van der Waals surface area (Å²) in [5, 5.41) is 8.24. The fourth-order valence-electron chi connectivity index (χ4n) is 3.23. The summed E-state index contributed by atoms with van der Waals surface area (Å²) in [5.41, 5.74) is 3.89. The summed E-state index contributed by atoms with van der Waals surface area (Å²) in [6, 6.07) is 14.3. The minimum atomic E-state index is -3.72. The predicted molar refractivity (Wildman–Crippen MR) is 110 cm³/mol. The molecule has 0 spiro atoms. The second-order valence-electron chi connectivity index (χ2n) is 6.64. The van der Waals surface area contributed by atoms with Gasteiger partial charge in [-0.3, -0.25) is 0 Å². The highest BCUT2D eigenvalue weighted by Gasteiger charge is 2.22. The second-order valence-corrected chi connectivity index (χ2v) is 8.20. The van der Waals surface area contributed by atoms with Crippen LogP contribution in [0.3, 0.4) is 0 Å². The Morgan fingerprint density at radius 2 is 1.75 bits per heavy atom. The van der Waals surface area contributed by atoms with Gasteiger partial charge < -0.3 is 15.1 Å². The number of anilines is 5. The van der Waals surface area contributed by atoms with Crippen LogP contribution < -0.4 is 20.3 Å². The normalized spacial score (nSPS) is 13.5. The number of nitrogens with two attached hydrogens (primary N) is 1. The van der Waals surface area contributed by atoms with E-state index in [2.05, 4.69) is 32.3 Å². The lowest BCUT2D eigenvalue weighted by Crippen LogP contribution is -2.17. The summed E-state index contributed by atoms with van der Waals surface area (Å²) in [7, 11) is 0.270. The Hall–Kier alpha value is -3.17. The highest BCUT2D eigenvalue weighted by atomic mass is 32.2. The Morgan fingerprint density at radius 1 is 1.04 bits per heavy atom. The van der Waals surface area contributed by atoms with Crippen molar-refractivity contribution in [2.45, 2.75) is 11.4 Å². The first-order valence-electron chi connectivity index (χ1n) is 8.62. The number of nitrogens with zero attached hydrogens (tertiary/aromatic N) is 4. The van der Waals surface area contributed by atoms with Gasteiger partial charge in [0.25, 0.3) is 0 Å². The summed E-state index contributed by atoms with van der Waals surface area (Å²) in [5.74, 6) is 1.20. The quantitative estimate of drug-likeness (QED) is 0.701. The van der Waals surface area contributed by atoms with Crippen LogP contribution >= 0.6 is 0 Å². The summed E-state index contributed by atoms with van der Waals surface area (Å²) in [6.45, 7) is 0.763. The fourth-order valence-corrected chi connectivity index (χ4v) is 3.74. The molecule has 0 bridgehead atoms. The number of aromatic nitrogens is 2. The van der Waals surface area contributed by atoms with Crippen LogP contribution in [-0.2, 0) is 16.6 Å². The minimum absolute atomic E-state index is 0.0545. The SMILES string of the molecule is CN1Cc2ccccc2N(C)c2nc(Nc3ccc(S(N)(=O)=O)cc3)ncc21. The molecule has 3 aromatic rings. The molecule has 0 radical (unpaired) electrons. The van der Waals surface area contributed by atoms with Gasteiger partial charge in [-0.25, -0.2) is 18.5 Å². The zero-order valence-electron chi connectivity index (χ0n) is 15.5. The highest BCUT2D eigenvalue weighted by molar-refractivity contribution is 7.89. The maximum absolute atomic E-state index is 11.4. The number of nitrogens with one attached hydrogen (secondary N) is 1. The summed E-state index contributed by atoms with van der Waals surface area (Å²) >= 11 is 0. The Bertz CT molecular complexity index is 1130. The molecule has 28 heavy (non-hydrogen) atoms. The predicted octanol–water partition coefficient (Wildman–Crippen LogP) is 2.59. The van der Waals surface area contributed by atoms with Gasteiger partial charge in [0.1, 0.15) is 0 Å². The van der Waals surface area contributed by atoms with Gasteiger partial charge in [0.15, 0.2) is 5.82 Å². The molecule has 0 saturated heterocycles. The van der Waals surface area contributed by atoms with E-state index in [9.17, 15) is 8.42 Å². The van der Waals surface area contributed by atoms with Crippen molar-refractivity contribution >= 4 is 38.9 Å². The number of hydrogen-bond donors (Lipinski definition) is 2. The third-order valence-electron chi connectivity index (χ3n) is 4.68. The van der Waals surface area contributed by atoms with Crippen molar-refractivity contribution in [1.82, 2.24) is 9.97 Å². The molecule has 0 atom stereocenters. The molecule has 2 heterocycles. The molecule has 0 unspecified atom stereocenters. The van der Waals surface area contributed by atoms with Gasteiger partial charge in [0.2, 0.25) is 16.0 Å². The molecule has 1 aliphatic heterocycles. The molecule has 8 nitrogen and oxygen atoms in total. The van der Waals surface area contributed by atoms with Crippen LogP contribution in [0.1, 0.15) is 5.56 Å². The number of benzene rings is 2. The van der Waals surface area contributed by atoms with Crippen molar-refractivity contribution in [2.24, 2.45) is 5.14 Å².